The van der Waals surface area contributed by atoms with Crippen LogP contribution in [0.4, 0.5) is 0 Å². The molecule has 0 nitrogen and oxygen atoms in total. The average molecular weight is 208 g/mol. The lowest BCUT2D eigenvalue weighted by Gasteiger charge is -2.07. The van der Waals surface area contributed by atoms with E-state index in [4.69, 9.17) is 0 Å². The van der Waals surface area contributed by atoms with E-state index >= 15 is 0 Å². The van der Waals surface area contributed by atoms with Gasteiger partial charge < -0.3 is 0 Å². The molecule has 1 heteroatoms. The lowest BCUT2D eigenvalue weighted by atomic mass is 9.93. The molecule has 80 valence electrons. The molecule has 0 saturated heterocycles. The Morgan fingerprint density at radius 2 is 1.19 bits per heavy atom. The number of hydrogen-bond acceptors (Lipinski definition) is 0. The fraction of sp³-hybridized carbons (Fsp3) is 0.200. The van der Waals surface area contributed by atoms with E-state index in [1.54, 1.807) is 0 Å². The van der Waals surface area contributed by atoms with Crippen molar-refractivity contribution in [1.82, 2.24) is 0 Å². The summed E-state index contributed by atoms with van der Waals surface area (Å²) >= 11 is 0. The molecular weight excluding hydrogens is 191 g/mol. The molecular formula is C15H17B. The standard InChI is InChI=1S/C15H17B/c1-11(2)12-3-5-13(6-4-12)14-7-9-15(16)10-8-14/h3-11H,16H2,1-2H3. The summed E-state index contributed by atoms with van der Waals surface area (Å²) in [6.45, 7) is 4.45. The van der Waals surface area contributed by atoms with Crippen molar-refractivity contribution >= 4 is 13.3 Å². The van der Waals surface area contributed by atoms with E-state index in [-0.39, 0.29) is 0 Å². The molecule has 0 N–H and O–H groups in total. The molecule has 0 amide bonds. The van der Waals surface area contributed by atoms with Crippen LogP contribution >= 0.6 is 0 Å². The lowest BCUT2D eigenvalue weighted by molar-refractivity contribution is 0.867. The summed E-state index contributed by atoms with van der Waals surface area (Å²) in [5.74, 6) is 0.604. The van der Waals surface area contributed by atoms with Gasteiger partial charge in [0.2, 0.25) is 0 Å². The molecule has 2 aromatic carbocycles. The highest BCUT2D eigenvalue weighted by Crippen LogP contribution is 2.21. The van der Waals surface area contributed by atoms with Crippen LogP contribution in [0.5, 0.6) is 0 Å². The Kier molecular flexibility index (Phi) is 3.14. The zero-order valence-electron chi connectivity index (χ0n) is 10.2. The lowest BCUT2D eigenvalue weighted by Crippen LogP contribution is -1.99. The van der Waals surface area contributed by atoms with E-state index in [2.05, 4.69) is 70.2 Å². The first kappa shape index (κ1) is 11.0. The molecule has 0 aliphatic heterocycles. The Hall–Kier alpha value is -1.50. The maximum Gasteiger partial charge on any atom is 0.139 e. The molecule has 2 rings (SSSR count). The second kappa shape index (κ2) is 4.57. The van der Waals surface area contributed by atoms with Gasteiger partial charge in [-0.15, -0.1) is 0 Å². The summed E-state index contributed by atoms with van der Waals surface area (Å²) in [5.41, 5.74) is 5.30. The van der Waals surface area contributed by atoms with Crippen LogP contribution in [0, 0.1) is 0 Å². The molecule has 0 radical (unpaired) electrons. The normalized spacial score (nSPS) is 10.7. The predicted molar refractivity (Wildman–Crippen MR) is 74.1 cm³/mol. The molecule has 0 aromatic heterocycles. The third-order valence-corrected chi connectivity index (χ3v) is 2.96. The SMILES string of the molecule is Bc1ccc(-c2ccc(C(C)C)cc2)cc1. The van der Waals surface area contributed by atoms with Gasteiger partial charge >= 0.3 is 0 Å². The van der Waals surface area contributed by atoms with Crippen LogP contribution in [0.3, 0.4) is 0 Å². The first-order valence-electron chi connectivity index (χ1n) is 5.84. The van der Waals surface area contributed by atoms with Crippen molar-refractivity contribution in [3.63, 3.8) is 0 Å². The average Bonchev–Trinajstić information content (AvgIpc) is 2.30. The maximum atomic E-state index is 2.22. The predicted octanol–water partition coefficient (Wildman–Crippen LogP) is 2.74. The van der Waals surface area contributed by atoms with Crippen molar-refractivity contribution in [2.45, 2.75) is 19.8 Å². The van der Waals surface area contributed by atoms with Crippen LogP contribution in [0.1, 0.15) is 25.3 Å². The summed E-state index contributed by atoms with van der Waals surface area (Å²) < 4.78 is 0. The minimum atomic E-state index is 0.604. The molecule has 0 bridgehead atoms. The summed E-state index contributed by atoms with van der Waals surface area (Å²) in [5, 5.41) is 0. The molecule has 0 aliphatic rings. The zero-order valence-corrected chi connectivity index (χ0v) is 10.2. The van der Waals surface area contributed by atoms with Crippen molar-refractivity contribution < 1.29 is 0 Å². The molecule has 0 aliphatic carbocycles. The molecule has 0 atom stereocenters. The highest BCUT2D eigenvalue weighted by atomic mass is 14.0. The second-order valence-electron chi connectivity index (χ2n) is 4.64. The Labute approximate surface area is 98.7 Å². The summed E-state index contributed by atoms with van der Waals surface area (Å²) in [6.07, 6.45) is 0. The van der Waals surface area contributed by atoms with Gasteiger partial charge in [-0.25, -0.2) is 0 Å². The van der Waals surface area contributed by atoms with Crippen molar-refractivity contribution in [1.29, 1.82) is 0 Å². The van der Waals surface area contributed by atoms with Gasteiger partial charge in [0.25, 0.3) is 0 Å². The highest BCUT2D eigenvalue weighted by molar-refractivity contribution is 6.32. The van der Waals surface area contributed by atoms with Gasteiger partial charge in [-0.3, -0.25) is 0 Å². The number of benzene rings is 2. The Morgan fingerprint density at radius 3 is 1.62 bits per heavy atom. The maximum absolute atomic E-state index is 2.22. The van der Waals surface area contributed by atoms with E-state index in [1.807, 2.05) is 0 Å². The van der Waals surface area contributed by atoms with Crippen LogP contribution in [0.15, 0.2) is 48.5 Å². The zero-order chi connectivity index (χ0) is 11.5. The third-order valence-electron chi connectivity index (χ3n) is 2.96. The van der Waals surface area contributed by atoms with Gasteiger partial charge in [0, 0.05) is 0 Å². The monoisotopic (exact) mass is 208 g/mol. The highest BCUT2D eigenvalue weighted by Gasteiger charge is 2.00. The van der Waals surface area contributed by atoms with Crippen LogP contribution in [-0.4, -0.2) is 7.85 Å². The van der Waals surface area contributed by atoms with Gasteiger partial charge in [-0.05, 0) is 22.6 Å². The molecule has 0 saturated carbocycles. The fourth-order valence-electron chi connectivity index (χ4n) is 1.81. The van der Waals surface area contributed by atoms with Gasteiger partial charge in [0.1, 0.15) is 7.85 Å². The molecule has 0 unspecified atom stereocenters. The molecule has 0 spiro atoms. The van der Waals surface area contributed by atoms with E-state index in [0.717, 1.165) is 0 Å². The summed E-state index contributed by atoms with van der Waals surface area (Å²) in [6, 6.07) is 17.5. The number of rotatable bonds is 2. The minimum absolute atomic E-state index is 0.604. The van der Waals surface area contributed by atoms with E-state index < -0.39 is 0 Å². The molecule has 0 fully saturated rings. The van der Waals surface area contributed by atoms with Crippen molar-refractivity contribution in [3.8, 4) is 11.1 Å². The van der Waals surface area contributed by atoms with Gasteiger partial charge in [0.05, 0.1) is 0 Å². The Morgan fingerprint density at radius 1 is 0.750 bits per heavy atom. The Bertz CT molecular complexity index is 452. The fourth-order valence-corrected chi connectivity index (χ4v) is 1.81. The summed E-state index contributed by atoms with van der Waals surface area (Å²) in [4.78, 5) is 0. The van der Waals surface area contributed by atoms with Crippen molar-refractivity contribution in [2.75, 3.05) is 0 Å². The first-order valence-corrected chi connectivity index (χ1v) is 5.84. The summed E-state index contributed by atoms with van der Waals surface area (Å²) in [7, 11) is 2.12. The van der Waals surface area contributed by atoms with Crippen LogP contribution < -0.4 is 5.46 Å². The van der Waals surface area contributed by atoms with E-state index in [0.29, 0.717) is 5.92 Å². The second-order valence-corrected chi connectivity index (χ2v) is 4.64. The number of hydrogen-bond donors (Lipinski definition) is 0. The minimum Gasteiger partial charge on any atom is -0.0889 e. The quantitative estimate of drug-likeness (QED) is 0.665. The topological polar surface area (TPSA) is 0 Å². The van der Waals surface area contributed by atoms with Gasteiger partial charge in [0.15, 0.2) is 0 Å². The van der Waals surface area contributed by atoms with Crippen LogP contribution in [-0.2, 0) is 0 Å². The van der Waals surface area contributed by atoms with Crippen molar-refractivity contribution in [2.24, 2.45) is 0 Å². The van der Waals surface area contributed by atoms with Crippen LogP contribution in [0.2, 0.25) is 0 Å². The van der Waals surface area contributed by atoms with Crippen molar-refractivity contribution in [3.05, 3.63) is 54.1 Å². The molecule has 2 aromatic rings. The largest absolute Gasteiger partial charge is 0.139 e. The van der Waals surface area contributed by atoms with E-state index in [9.17, 15) is 0 Å². The molecule has 0 heterocycles. The molecule has 16 heavy (non-hydrogen) atoms. The van der Waals surface area contributed by atoms with Gasteiger partial charge in [-0.1, -0.05) is 67.8 Å². The van der Waals surface area contributed by atoms with Crippen LogP contribution in [0.25, 0.3) is 11.1 Å². The third kappa shape index (κ3) is 2.36. The smallest absolute Gasteiger partial charge is 0.0889 e. The Balaban J connectivity index is 2.31. The van der Waals surface area contributed by atoms with E-state index in [1.165, 1.54) is 22.2 Å². The van der Waals surface area contributed by atoms with Gasteiger partial charge in [-0.2, -0.15) is 0 Å². The first-order chi connectivity index (χ1) is 7.66.